The highest BCUT2D eigenvalue weighted by Gasteiger charge is 2.22. The average Bonchev–Trinajstić information content (AvgIpc) is 3.34. The number of hydrogen-bond donors (Lipinski definition) is 1. The topological polar surface area (TPSA) is 90.5 Å². The van der Waals surface area contributed by atoms with Crippen LogP contribution in [0.1, 0.15) is 27.2 Å². The lowest BCUT2D eigenvalue weighted by molar-refractivity contribution is 0.102. The fourth-order valence-corrected chi connectivity index (χ4v) is 3.32. The maximum Gasteiger partial charge on any atom is 0.260 e. The van der Waals surface area contributed by atoms with Crippen LogP contribution in [-0.4, -0.2) is 35.9 Å². The Morgan fingerprint density at radius 2 is 1.93 bits per heavy atom. The monoisotopic (exact) mass is 425 g/mol. The molecule has 0 aliphatic carbocycles. The van der Waals surface area contributed by atoms with E-state index in [1.54, 1.807) is 11.6 Å². The summed E-state index contributed by atoms with van der Waals surface area (Å²) >= 11 is 6.44. The Morgan fingerprint density at radius 3 is 2.63 bits per heavy atom. The zero-order chi connectivity index (χ0) is 21.3. The highest BCUT2D eigenvalue weighted by Crippen LogP contribution is 2.24. The van der Waals surface area contributed by atoms with Gasteiger partial charge in [-0.25, -0.2) is 13.8 Å². The number of amides is 1. The molecule has 0 spiro atoms. The van der Waals surface area contributed by atoms with E-state index in [2.05, 4.69) is 25.9 Å². The predicted octanol–water partition coefficient (Wildman–Crippen LogP) is 3.57. The zero-order valence-corrected chi connectivity index (χ0v) is 16.9. The Hall–Kier alpha value is -3.59. The number of benzene rings is 2. The van der Waals surface area contributed by atoms with E-state index in [0.717, 1.165) is 11.1 Å². The van der Waals surface area contributed by atoms with Gasteiger partial charge in [0.25, 0.3) is 5.91 Å². The maximum atomic E-state index is 14.3. The van der Waals surface area contributed by atoms with E-state index >= 15 is 0 Å². The molecule has 4 rings (SSSR count). The molecule has 0 saturated carbocycles. The number of carbonyl (C=O) groups is 1. The fraction of sp³-hybridized carbons (Fsp3) is 0.150. The molecule has 152 valence electrons. The molecule has 0 radical (unpaired) electrons. The van der Waals surface area contributed by atoms with Crippen molar-refractivity contribution in [1.82, 2.24) is 30.0 Å². The number of carbonyl (C=O) groups excluding carboxylic acids is 1. The van der Waals surface area contributed by atoms with Gasteiger partial charge < -0.3 is 5.32 Å². The lowest BCUT2D eigenvalue weighted by Crippen LogP contribution is -2.15. The molecule has 1 N–H and O–H groups in total. The summed E-state index contributed by atoms with van der Waals surface area (Å²) in [6.45, 7) is 4.10. The molecule has 8 nitrogen and oxygen atoms in total. The quantitative estimate of drug-likeness (QED) is 0.528. The van der Waals surface area contributed by atoms with E-state index in [0.29, 0.717) is 17.9 Å². The van der Waals surface area contributed by atoms with Crippen LogP contribution >= 0.6 is 11.6 Å². The lowest BCUT2D eigenvalue weighted by atomic mass is 10.1. The Morgan fingerprint density at radius 1 is 1.17 bits per heavy atom. The largest absolute Gasteiger partial charge is 0.319 e. The second kappa shape index (κ2) is 8.03. The van der Waals surface area contributed by atoms with Crippen LogP contribution in [0.3, 0.4) is 0 Å². The molecular weight excluding hydrogens is 409 g/mol. The Balaban J connectivity index is 1.59. The van der Waals surface area contributed by atoms with Gasteiger partial charge >= 0.3 is 0 Å². The summed E-state index contributed by atoms with van der Waals surface area (Å²) < 4.78 is 17.2. The normalized spacial score (nSPS) is 10.9. The summed E-state index contributed by atoms with van der Waals surface area (Å²) in [6, 6.07) is 12.1. The number of rotatable bonds is 5. The van der Waals surface area contributed by atoms with Crippen molar-refractivity contribution in [3.8, 4) is 5.69 Å². The third-order valence-electron chi connectivity index (χ3n) is 4.56. The molecule has 0 aliphatic rings. The summed E-state index contributed by atoms with van der Waals surface area (Å²) in [7, 11) is 0. The van der Waals surface area contributed by atoms with E-state index in [4.69, 9.17) is 11.6 Å². The van der Waals surface area contributed by atoms with Crippen molar-refractivity contribution >= 4 is 23.2 Å². The highest BCUT2D eigenvalue weighted by atomic mass is 35.5. The van der Waals surface area contributed by atoms with Gasteiger partial charge in [0.1, 0.15) is 17.3 Å². The average molecular weight is 426 g/mol. The van der Waals surface area contributed by atoms with Crippen molar-refractivity contribution < 1.29 is 9.18 Å². The second-order valence-electron chi connectivity index (χ2n) is 6.77. The van der Waals surface area contributed by atoms with Crippen molar-refractivity contribution in [1.29, 1.82) is 0 Å². The summed E-state index contributed by atoms with van der Waals surface area (Å²) in [6.07, 6.45) is 1.37. The molecule has 2 aromatic heterocycles. The SMILES string of the molecule is Cc1ccc(Cn2nc(C)c(C(=O)Nc3cc(-n4cnnn4)ccc3F)c2Cl)cc1. The first-order valence-electron chi connectivity index (χ1n) is 9.05. The van der Waals surface area contributed by atoms with E-state index in [1.807, 2.05) is 31.2 Å². The summed E-state index contributed by atoms with van der Waals surface area (Å²) in [5.74, 6) is -1.15. The van der Waals surface area contributed by atoms with Crippen LogP contribution in [0.5, 0.6) is 0 Å². The van der Waals surface area contributed by atoms with Gasteiger partial charge in [-0.2, -0.15) is 5.10 Å². The minimum Gasteiger partial charge on any atom is -0.319 e. The number of halogens is 2. The molecule has 0 saturated heterocycles. The van der Waals surface area contributed by atoms with Crippen LogP contribution in [0.15, 0.2) is 48.8 Å². The molecule has 1 amide bonds. The molecule has 0 aliphatic heterocycles. The number of aromatic nitrogens is 6. The highest BCUT2D eigenvalue weighted by molar-refractivity contribution is 6.33. The molecule has 30 heavy (non-hydrogen) atoms. The molecule has 10 heteroatoms. The van der Waals surface area contributed by atoms with Crippen LogP contribution < -0.4 is 5.32 Å². The number of nitrogens with one attached hydrogen (secondary N) is 1. The van der Waals surface area contributed by atoms with Crippen molar-refractivity contribution in [2.24, 2.45) is 0 Å². The molecule has 2 heterocycles. The number of aryl methyl sites for hydroxylation is 2. The van der Waals surface area contributed by atoms with Gasteiger partial charge in [0.05, 0.1) is 29.2 Å². The van der Waals surface area contributed by atoms with Crippen molar-refractivity contribution in [3.05, 3.63) is 82.1 Å². The molecule has 4 aromatic rings. The number of tetrazole rings is 1. The van der Waals surface area contributed by atoms with E-state index in [1.165, 1.54) is 29.2 Å². The van der Waals surface area contributed by atoms with Gasteiger partial charge in [0.2, 0.25) is 0 Å². The van der Waals surface area contributed by atoms with Gasteiger partial charge in [0.15, 0.2) is 0 Å². The molecular formula is C20H17ClFN7O. The molecule has 0 fully saturated rings. The molecule has 0 unspecified atom stereocenters. The molecule has 0 atom stereocenters. The van der Waals surface area contributed by atoms with Crippen LogP contribution in [0.25, 0.3) is 5.69 Å². The summed E-state index contributed by atoms with van der Waals surface area (Å²) in [5.41, 5.74) is 3.26. The van der Waals surface area contributed by atoms with Gasteiger partial charge in [-0.15, -0.1) is 5.10 Å². The number of anilines is 1. The fourth-order valence-electron chi connectivity index (χ4n) is 3.00. The van der Waals surface area contributed by atoms with E-state index < -0.39 is 11.7 Å². The number of nitrogens with zero attached hydrogens (tertiary/aromatic N) is 6. The van der Waals surface area contributed by atoms with Crippen LogP contribution in [0.4, 0.5) is 10.1 Å². The Bertz CT molecular complexity index is 1200. The van der Waals surface area contributed by atoms with Crippen LogP contribution in [-0.2, 0) is 6.54 Å². The smallest absolute Gasteiger partial charge is 0.260 e. The first-order chi connectivity index (χ1) is 14.4. The predicted molar refractivity (Wildman–Crippen MR) is 109 cm³/mol. The van der Waals surface area contributed by atoms with E-state index in [9.17, 15) is 9.18 Å². The van der Waals surface area contributed by atoms with Gasteiger partial charge in [-0.3, -0.25) is 4.79 Å². The number of hydrogen-bond acceptors (Lipinski definition) is 5. The molecule has 2 aromatic carbocycles. The standard InChI is InChI=1S/C20H17ClFN7O/c1-12-3-5-14(6-4-12)10-28-19(21)18(13(2)25-28)20(30)24-17-9-15(7-8-16(17)22)29-11-23-26-27-29/h3-9,11H,10H2,1-2H3,(H,24,30). The Kier molecular flexibility index (Phi) is 5.28. The van der Waals surface area contributed by atoms with Gasteiger partial charge in [0, 0.05) is 0 Å². The second-order valence-corrected chi connectivity index (χ2v) is 7.13. The van der Waals surface area contributed by atoms with Crippen LogP contribution in [0.2, 0.25) is 5.15 Å². The minimum absolute atomic E-state index is 0.0187. The van der Waals surface area contributed by atoms with Crippen molar-refractivity contribution in [2.45, 2.75) is 20.4 Å². The van der Waals surface area contributed by atoms with Crippen molar-refractivity contribution in [2.75, 3.05) is 5.32 Å². The maximum absolute atomic E-state index is 14.3. The molecule has 0 bridgehead atoms. The van der Waals surface area contributed by atoms with Crippen molar-refractivity contribution in [3.63, 3.8) is 0 Å². The van der Waals surface area contributed by atoms with Crippen LogP contribution in [0, 0.1) is 19.7 Å². The Labute approximate surface area is 176 Å². The lowest BCUT2D eigenvalue weighted by Gasteiger charge is -2.09. The summed E-state index contributed by atoms with van der Waals surface area (Å²) in [4.78, 5) is 12.9. The van der Waals surface area contributed by atoms with E-state index in [-0.39, 0.29) is 16.4 Å². The zero-order valence-electron chi connectivity index (χ0n) is 16.2. The third-order valence-corrected chi connectivity index (χ3v) is 4.94. The first-order valence-corrected chi connectivity index (χ1v) is 9.43. The summed E-state index contributed by atoms with van der Waals surface area (Å²) in [5, 5.41) is 18.0. The van der Waals surface area contributed by atoms with Gasteiger partial charge in [-0.1, -0.05) is 41.4 Å². The third kappa shape index (κ3) is 3.92. The first kappa shape index (κ1) is 19.7. The minimum atomic E-state index is -0.596. The van der Waals surface area contributed by atoms with Gasteiger partial charge in [-0.05, 0) is 48.0 Å².